The van der Waals surface area contributed by atoms with Crippen LogP contribution in [0.3, 0.4) is 0 Å². The minimum absolute atomic E-state index is 0.117. The fourth-order valence-corrected chi connectivity index (χ4v) is 3.49. The molecule has 0 saturated carbocycles. The Labute approximate surface area is 187 Å². The second-order valence-electron chi connectivity index (χ2n) is 7.29. The Morgan fingerprint density at radius 1 is 1.06 bits per heavy atom. The number of ketones is 1. The predicted octanol–water partition coefficient (Wildman–Crippen LogP) is 4.53. The fourth-order valence-electron chi connectivity index (χ4n) is 3.49. The van der Waals surface area contributed by atoms with Gasteiger partial charge in [0.25, 0.3) is 5.69 Å². The molecular weight excluding hydrogens is 424 g/mol. The summed E-state index contributed by atoms with van der Waals surface area (Å²) in [5.41, 5.74) is 5.46. The number of anilines is 1. The molecule has 33 heavy (non-hydrogen) atoms. The first-order chi connectivity index (χ1) is 15.8. The number of hydrogen-bond acceptors (Lipinski definition) is 6. The molecule has 0 fully saturated rings. The molecule has 0 radical (unpaired) electrons. The monoisotopic (exact) mass is 442 g/mol. The van der Waals surface area contributed by atoms with Crippen molar-refractivity contribution < 1.29 is 19.6 Å². The number of nitrogens with one attached hydrogen (secondary N) is 1. The number of carbonyl (C=O) groups is 2. The van der Waals surface area contributed by atoms with Crippen LogP contribution in [-0.2, 0) is 0 Å². The number of nitro groups is 1. The molecule has 0 aliphatic heterocycles. The van der Waals surface area contributed by atoms with E-state index in [9.17, 15) is 19.7 Å². The van der Waals surface area contributed by atoms with Crippen LogP contribution in [0.2, 0.25) is 0 Å². The van der Waals surface area contributed by atoms with E-state index in [-0.39, 0.29) is 28.3 Å². The normalized spacial score (nSPS) is 11.1. The Kier molecular flexibility index (Phi) is 5.69. The van der Waals surface area contributed by atoms with Gasteiger partial charge >= 0.3 is 5.97 Å². The number of pyridine rings is 1. The van der Waals surface area contributed by atoms with E-state index in [1.165, 1.54) is 36.5 Å². The molecule has 2 aromatic heterocycles. The number of hydrazone groups is 1. The molecule has 4 rings (SSSR count). The summed E-state index contributed by atoms with van der Waals surface area (Å²) < 4.78 is 1.76. The van der Waals surface area contributed by atoms with E-state index in [0.29, 0.717) is 11.3 Å². The average molecular weight is 442 g/mol. The zero-order valence-electron chi connectivity index (χ0n) is 17.4. The second-order valence-corrected chi connectivity index (χ2v) is 7.29. The van der Waals surface area contributed by atoms with Gasteiger partial charge in [0.05, 0.1) is 22.4 Å². The van der Waals surface area contributed by atoms with Gasteiger partial charge in [-0.3, -0.25) is 20.3 Å². The van der Waals surface area contributed by atoms with Crippen molar-refractivity contribution >= 4 is 34.9 Å². The van der Waals surface area contributed by atoms with Gasteiger partial charge < -0.3 is 9.51 Å². The number of hydrogen-bond donors (Lipinski definition) is 2. The van der Waals surface area contributed by atoms with Gasteiger partial charge in [0.2, 0.25) is 5.78 Å². The van der Waals surface area contributed by atoms with Crippen molar-refractivity contribution in [2.45, 2.75) is 6.92 Å². The Morgan fingerprint density at radius 2 is 1.79 bits per heavy atom. The number of carboxylic acids is 1. The summed E-state index contributed by atoms with van der Waals surface area (Å²) in [4.78, 5) is 35.1. The topological polar surface area (TPSA) is 126 Å². The molecule has 0 unspecified atom stereocenters. The van der Waals surface area contributed by atoms with Crippen LogP contribution in [0.15, 0.2) is 78.0 Å². The summed E-state index contributed by atoms with van der Waals surface area (Å²) >= 11 is 0. The molecule has 0 aliphatic rings. The number of nitro benzene ring substituents is 1. The lowest BCUT2D eigenvalue weighted by Gasteiger charge is -2.07. The maximum absolute atomic E-state index is 13.2. The number of carboxylic acid groups (broad SMARTS) is 1. The Bertz CT molecular complexity index is 1420. The lowest BCUT2D eigenvalue weighted by molar-refractivity contribution is -0.384. The van der Waals surface area contributed by atoms with Gasteiger partial charge in [-0.05, 0) is 60.5 Å². The first kappa shape index (κ1) is 21.4. The third-order valence-electron chi connectivity index (χ3n) is 5.10. The molecule has 164 valence electrons. The molecular formula is C24H18N4O5. The summed E-state index contributed by atoms with van der Waals surface area (Å²) in [6.45, 7) is 1.82. The number of fused-ring (bicyclic) bond motifs is 1. The van der Waals surface area contributed by atoms with Crippen LogP contribution >= 0.6 is 0 Å². The largest absolute Gasteiger partial charge is 0.478 e. The standard InChI is InChI=1S/C24H18N4O5/c1-15-12-19-4-2-3-11-27(19)22(15)23(29)18-9-10-20(21(13-18)28(32)33)26-25-14-16-5-7-17(8-6-16)24(30)31/h2-14,26H,1H3,(H,30,31)/b25-14+. The molecule has 0 amide bonds. The van der Waals surface area contributed by atoms with Crippen LogP contribution in [0.5, 0.6) is 0 Å². The van der Waals surface area contributed by atoms with Crippen molar-refractivity contribution in [1.82, 2.24) is 4.40 Å². The van der Waals surface area contributed by atoms with Crippen LogP contribution in [0.25, 0.3) is 5.52 Å². The van der Waals surface area contributed by atoms with Gasteiger partial charge in [-0.1, -0.05) is 18.2 Å². The van der Waals surface area contributed by atoms with Crippen molar-refractivity contribution in [3.63, 3.8) is 0 Å². The molecule has 0 spiro atoms. The highest BCUT2D eigenvalue weighted by Gasteiger charge is 2.21. The van der Waals surface area contributed by atoms with Crippen molar-refractivity contribution in [1.29, 1.82) is 0 Å². The molecule has 2 heterocycles. The number of benzene rings is 2. The quantitative estimate of drug-likeness (QED) is 0.187. The zero-order valence-corrected chi connectivity index (χ0v) is 17.4. The SMILES string of the molecule is Cc1cc2ccccn2c1C(=O)c1ccc(N/N=C/c2ccc(C(=O)O)cc2)c([N+](=O)[O-])c1. The first-order valence-electron chi connectivity index (χ1n) is 9.87. The minimum atomic E-state index is -1.04. The Morgan fingerprint density at radius 3 is 2.48 bits per heavy atom. The summed E-state index contributed by atoms with van der Waals surface area (Å²) in [6, 6.07) is 17.6. The number of rotatable bonds is 7. The Balaban J connectivity index is 1.60. The van der Waals surface area contributed by atoms with Crippen molar-refractivity contribution in [2.24, 2.45) is 5.10 Å². The molecule has 0 bridgehead atoms. The second kappa shape index (κ2) is 8.75. The molecule has 0 saturated heterocycles. The number of nitrogens with zero attached hydrogens (tertiary/aromatic N) is 3. The van der Waals surface area contributed by atoms with E-state index in [0.717, 1.165) is 11.1 Å². The smallest absolute Gasteiger partial charge is 0.335 e. The van der Waals surface area contributed by atoms with E-state index in [1.54, 1.807) is 22.7 Å². The van der Waals surface area contributed by atoms with E-state index in [1.807, 2.05) is 31.2 Å². The van der Waals surface area contributed by atoms with Gasteiger partial charge in [-0.25, -0.2) is 4.79 Å². The van der Waals surface area contributed by atoms with Crippen molar-refractivity contribution in [2.75, 3.05) is 5.43 Å². The molecule has 0 atom stereocenters. The van der Waals surface area contributed by atoms with Crippen LogP contribution in [0.1, 0.15) is 37.5 Å². The number of carbonyl (C=O) groups excluding carboxylic acids is 1. The summed E-state index contributed by atoms with van der Waals surface area (Å²) in [5, 5.41) is 24.6. The molecule has 9 heteroatoms. The maximum atomic E-state index is 13.2. The van der Waals surface area contributed by atoms with E-state index >= 15 is 0 Å². The minimum Gasteiger partial charge on any atom is -0.478 e. The molecule has 0 aliphatic carbocycles. The molecule has 9 nitrogen and oxygen atoms in total. The highest BCUT2D eigenvalue weighted by atomic mass is 16.6. The van der Waals surface area contributed by atoms with Gasteiger partial charge in [0.15, 0.2) is 0 Å². The summed E-state index contributed by atoms with van der Waals surface area (Å²) in [6.07, 6.45) is 3.18. The first-order valence-corrected chi connectivity index (χ1v) is 9.87. The number of aromatic nitrogens is 1. The van der Waals surface area contributed by atoms with E-state index in [4.69, 9.17) is 5.11 Å². The van der Waals surface area contributed by atoms with Gasteiger partial charge in [-0.15, -0.1) is 0 Å². The molecule has 2 aromatic carbocycles. The third-order valence-corrected chi connectivity index (χ3v) is 5.10. The zero-order chi connectivity index (χ0) is 23.5. The van der Waals surface area contributed by atoms with Crippen LogP contribution in [-0.4, -0.2) is 32.4 Å². The molecule has 4 aromatic rings. The van der Waals surface area contributed by atoms with Crippen molar-refractivity contribution in [3.8, 4) is 0 Å². The van der Waals surface area contributed by atoms with Crippen LogP contribution in [0.4, 0.5) is 11.4 Å². The van der Waals surface area contributed by atoms with Gasteiger partial charge in [0, 0.05) is 23.3 Å². The number of aromatic carboxylic acids is 1. The van der Waals surface area contributed by atoms with Crippen molar-refractivity contribution in [3.05, 3.63) is 111 Å². The van der Waals surface area contributed by atoms with Gasteiger partial charge in [-0.2, -0.15) is 5.10 Å². The van der Waals surface area contributed by atoms with Gasteiger partial charge in [0.1, 0.15) is 5.69 Å². The highest BCUT2D eigenvalue weighted by Crippen LogP contribution is 2.28. The fraction of sp³-hybridized carbons (Fsp3) is 0.0417. The summed E-state index contributed by atoms with van der Waals surface area (Å²) in [7, 11) is 0. The molecule has 2 N–H and O–H groups in total. The Hall–Kier alpha value is -4.79. The van der Waals surface area contributed by atoms with E-state index < -0.39 is 10.9 Å². The average Bonchev–Trinajstić information content (AvgIpc) is 3.14. The lowest BCUT2D eigenvalue weighted by atomic mass is 10.0. The van der Waals surface area contributed by atoms with Crippen LogP contribution < -0.4 is 5.43 Å². The maximum Gasteiger partial charge on any atom is 0.335 e. The highest BCUT2D eigenvalue weighted by molar-refractivity contribution is 6.10. The number of aryl methyl sites for hydroxylation is 1. The third kappa shape index (κ3) is 4.33. The van der Waals surface area contributed by atoms with E-state index in [2.05, 4.69) is 10.5 Å². The van der Waals surface area contributed by atoms with Crippen LogP contribution in [0, 0.1) is 17.0 Å². The predicted molar refractivity (Wildman–Crippen MR) is 123 cm³/mol. The lowest BCUT2D eigenvalue weighted by Crippen LogP contribution is -2.08. The summed E-state index contributed by atoms with van der Waals surface area (Å²) in [5.74, 6) is -1.36.